The zero-order chi connectivity index (χ0) is 16.5. The number of hydrogen-bond acceptors (Lipinski definition) is 4. The molecule has 2 heterocycles. The van der Waals surface area contributed by atoms with E-state index in [-0.39, 0.29) is 42.6 Å². The predicted octanol–water partition coefficient (Wildman–Crippen LogP) is 0.310. The molecule has 1 atom stereocenters. The molecule has 25 heavy (non-hydrogen) atoms. The first kappa shape index (κ1) is 18.5. The van der Waals surface area contributed by atoms with E-state index in [1.54, 1.807) is 18.3 Å². The number of fused-ring (bicyclic) bond motifs is 1. The van der Waals surface area contributed by atoms with Crippen LogP contribution in [-0.4, -0.2) is 25.8 Å². The van der Waals surface area contributed by atoms with Crippen molar-refractivity contribution in [3.63, 3.8) is 0 Å². The van der Waals surface area contributed by atoms with Gasteiger partial charge in [0.15, 0.2) is 5.16 Å². The second kappa shape index (κ2) is 7.95. The number of hydrogen-bond donors (Lipinski definition) is 1. The maximum Gasteiger partial charge on any atom is 1.00 e. The number of H-pyrrole nitrogens is 1. The summed E-state index contributed by atoms with van der Waals surface area (Å²) in [4.78, 5) is 11.4. The van der Waals surface area contributed by atoms with Crippen molar-refractivity contribution in [3.05, 3.63) is 48.0 Å². The largest absolute Gasteiger partial charge is 1.00 e. The molecule has 1 unspecified atom stereocenters. The minimum Gasteiger partial charge on any atom is -1.00 e. The number of nitrogens with one attached hydrogen (secondary N) is 1. The van der Waals surface area contributed by atoms with Crippen molar-refractivity contribution >= 4 is 21.8 Å². The molecule has 8 heteroatoms. The van der Waals surface area contributed by atoms with Crippen molar-refractivity contribution < 1.29 is 44.3 Å². The molecular weight excluding hydrogens is 352 g/mol. The van der Waals surface area contributed by atoms with Crippen LogP contribution in [0.3, 0.4) is 0 Å². The molecule has 0 spiro atoms. The molecule has 2 aromatic heterocycles. The first-order valence-electron chi connectivity index (χ1n) is 7.79. The van der Waals surface area contributed by atoms with Crippen LogP contribution < -0.4 is 34.3 Å². The standard InChI is InChI=1S/C17H16FN3O2S.Na.H/c18-12-3-4-15-16(7-12)21-17(20-15)24(22)10-13-8-14(5-6-19-13)23-9-11-1-2-11;;/h3-8,11H,1-2,9-10H2,(H,20,21);;/q;+1;-1. The molecule has 3 aromatic rings. The Bertz CT molecular complexity index is 920. The SMILES string of the molecule is O=S(Cc1cc(OCC2CC2)ccn1)c1nc2ccc(F)cc2[nH]1.[H-].[Na+]. The summed E-state index contributed by atoms with van der Waals surface area (Å²) in [5.41, 5.74) is 1.80. The Labute approximate surface area is 170 Å². The Balaban J connectivity index is 0.00000121. The predicted molar refractivity (Wildman–Crippen MR) is 89.7 cm³/mol. The van der Waals surface area contributed by atoms with Crippen LogP contribution in [0.4, 0.5) is 4.39 Å². The first-order chi connectivity index (χ1) is 11.7. The van der Waals surface area contributed by atoms with Crippen molar-refractivity contribution in [2.45, 2.75) is 23.8 Å². The van der Waals surface area contributed by atoms with E-state index in [1.165, 1.54) is 25.0 Å². The summed E-state index contributed by atoms with van der Waals surface area (Å²) in [6.07, 6.45) is 4.12. The fourth-order valence-corrected chi connectivity index (χ4v) is 3.38. The van der Waals surface area contributed by atoms with Crippen LogP contribution in [0, 0.1) is 11.7 Å². The third-order valence-electron chi connectivity index (χ3n) is 3.89. The Kier molecular flexibility index (Phi) is 5.89. The van der Waals surface area contributed by atoms with Gasteiger partial charge in [-0.25, -0.2) is 9.37 Å². The van der Waals surface area contributed by atoms with Gasteiger partial charge in [-0.1, -0.05) is 0 Å². The van der Waals surface area contributed by atoms with Gasteiger partial charge in [0.25, 0.3) is 0 Å². The van der Waals surface area contributed by atoms with Crippen molar-refractivity contribution in [1.29, 1.82) is 0 Å². The zero-order valence-corrected chi connectivity index (χ0v) is 16.7. The van der Waals surface area contributed by atoms with Crippen LogP contribution >= 0.6 is 0 Å². The molecule has 1 aliphatic rings. The zero-order valence-electron chi connectivity index (χ0n) is 14.9. The Morgan fingerprint density at radius 2 is 2.16 bits per heavy atom. The van der Waals surface area contributed by atoms with E-state index >= 15 is 0 Å². The minimum atomic E-state index is -1.39. The van der Waals surface area contributed by atoms with Gasteiger partial charge < -0.3 is 11.1 Å². The van der Waals surface area contributed by atoms with E-state index in [2.05, 4.69) is 15.0 Å². The summed E-state index contributed by atoms with van der Waals surface area (Å²) >= 11 is 0. The quantitative estimate of drug-likeness (QED) is 0.635. The number of nitrogens with zero attached hydrogens (tertiary/aromatic N) is 2. The molecule has 1 aliphatic carbocycles. The first-order valence-corrected chi connectivity index (χ1v) is 9.10. The Morgan fingerprint density at radius 3 is 2.96 bits per heavy atom. The molecular formula is C17H17FN3NaO2S. The summed E-state index contributed by atoms with van der Waals surface area (Å²) < 4.78 is 31.4. The summed E-state index contributed by atoms with van der Waals surface area (Å²) in [6, 6.07) is 7.85. The summed E-state index contributed by atoms with van der Waals surface area (Å²) in [5, 5.41) is 0.321. The fourth-order valence-electron chi connectivity index (χ4n) is 2.39. The number of rotatable bonds is 6. The van der Waals surface area contributed by atoms with Crippen molar-refractivity contribution in [2.24, 2.45) is 5.92 Å². The van der Waals surface area contributed by atoms with Crippen LogP contribution in [0.1, 0.15) is 20.0 Å². The molecule has 1 saturated carbocycles. The van der Waals surface area contributed by atoms with Crippen LogP contribution in [0.15, 0.2) is 41.7 Å². The van der Waals surface area contributed by atoms with Gasteiger partial charge in [0.1, 0.15) is 11.6 Å². The minimum absolute atomic E-state index is 0. The van der Waals surface area contributed by atoms with Crippen LogP contribution in [0.5, 0.6) is 5.75 Å². The van der Waals surface area contributed by atoms with Gasteiger partial charge in [-0.2, -0.15) is 0 Å². The molecule has 1 aromatic carbocycles. The Morgan fingerprint density at radius 1 is 1.32 bits per heavy atom. The van der Waals surface area contributed by atoms with Crippen molar-refractivity contribution in [3.8, 4) is 5.75 Å². The van der Waals surface area contributed by atoms with Gasteiger partial charge in [-0.3, -0.25) is 9.19 Å². The molecule has 1 N–H and O–H groups in total. The van der Waals surface area contributed by atoms with Crippen molar-refractivity contribution in [2.75, 3.05) is 6.61 Å². The molecule has 126 valence electrons. The third-order valence-corrected chi connectivity index (χ3v) is 5.07. The van der Waals surface area contributed by atoms with E-state index in [0.717, 1.165) is 12.4 Å². The van der Waals surface area contributed by atoms with E-state index in [4.69, 9.17) is 4.74 Å². The number of benzene rings is 1. The maximum atomic E-state index is 13.2. The topological polar surface area (TPSA) is 67.9 Å². The van der Waals surface area contributed by atoms with Gasteiger partial charge in [0, 0.05) is 12.3 Å². The second-order valence-corrected chi connectivity index (χ2v) is 7.30. The molecule has 1 fully saturated rings. The molecule has 0 bridgehead atoms. The van der Waals surface area contributed by atoms with Gasteiger partial charge in [-0.05, 0) is 43.0 Å². The molecule has 0 saturated heterocycles. The van der Waals surface area contributed by atoms with Crippen molar-refractivity contribution in [1.82, 2.24) is 15.0 Å². The molecule has 0 amide bonds. The summed E-state index contributed by atoms with van der Waals surface area (Å²) in [6.45, 7) is 0.724. The second-order valence-electron chi connectivity index (χ2n) is 5.93. The van der Waals surface area contributed by atoms with Crippen LogP contribution in [0.2, 0.25) is 0 Å². The average Bonchev–Trinajstić information content (AvgIpc) is 3.31. The number of halogens is 1. The van der Waals surface area contributed by atoms with Gasteiger partial charge in [0.05, 0.1) is 39.9 Å². The number of aromatic nitrogens is 3. The maximum absolute atomic E-state index is 13.2. The number of ether oxygens (including phenoxy) is 1. The van der Waals surface area contributed by atoms with E-state index in [9.17, 15) is 8.60 Å². The number of pyridine rings is 1. The van der Waals surface area contributed by atoms with Gasteiger partial charge >= 0.3 is 29.6 Å². The summed E-state index contributed by atoms with van der Waals surface area (Å²) in [5.74, 6) is 1.29. The molecule has 4 rings (SSSR count). The monoisotopic (exact) mass is 369 g/mol. The number of aromatic amines is 1. The average molecular weight is 369 g/mol. The van der Waals surface area contributed by atoms with Crippen LogP contribution in [-0.2, 0) is 16.6 Å². The van der Waals surface area contributed by atoms with Gasteiger partial charge in [-0.15, -0.1) is 0 Å². The Hall–Kier alpha value is -1.28. The smallest absolute Gasteiger partial charge is 1.00 e. The molecule has 5 nitrogen and oxygen atoms in total. The van der Waals surface area contributed by atoms with E-state index in [1.807, 2.05) is 6.07 Å². The normalized spacial score (nSPS) is 14.9. The fraction of sp³-hybridized carbons (Fsp3) is 0.294. The number of imidazole rings is 1. The molecule has 0 radical (unpaired) electrons. The van der Waals surface area contributed by atoms with E-state index < -0.39 is 10.8 Å². The molecule has 0 aliphatic heterocycles. The third kappa shape index (κ3) is 4.67. The van der Waals surface area contributed by atoms with E-state index in [0.29, 0.717) is 27.8 Å². The van der Waals surface area contributed by atoms with Crippen LogP contribution in [0.25, 0.3) is 11.0 Å². The summed E-state index contributed by atoms with van der Waals surface area (Å²) in [7, 11) is -1.39. The van der Waals surface area contributed by atoms with Gasteiger partial charge in [0.2, 0.25) is 0 Å².